The molecule has 4 N–H and O–H groups in total. The normalized spacial score (nSPS) is 12.7. The molecule has 0 saturated carbocycles. The molecule has 2 aromatic heterocycles. The number of hydrogen-bond donors (Lipinski definition) is 2. The van der Waals surface area contributed by atoms with E-state index in [0.717, 1.165) is 10.6 Å². The lowest BCUT2D eigenvalue weighted by Crippen LogP contribution is -2.13. The molecule has 0 atom stereocenters. The van der Waals surface area contributed by atoms with Gasteiger partial charge in [0.25, 0.3) is 0 Å². The Morgan fingerprint density at radius 2 is 1.92 bits per heavy atom. The van der Waals surface area contributed by atoms with Crippen LogP contribution in [-0.2, 0) is 16.2 Å². The molecule has 1 aromatic carbocycles. The Balaban J connectivity index is 2.32. The summed E-state index contributed by atoms with van der Waals surface area (Å²) >= 11 is 0. The molecule has 0 amide bonds. The predicted octanol–water partition coefficient (Wildman–Crippen LogP) is 1.95. The first-order chi connectivity index (χ1) is 11.5. The molecule has 0 aliphatic heterocycles. The van der Waals surface area contributed by atoms with E-state index in [1.165, 1.54) is 24.4 Å². The van der Waals surface area contributed by atoms with Crippen molar-refractivity contribution in [2.45, 2.75) is 18.0 Å². The van der Waals surface area contributed by atoms with E-state index in [1.54, 1.807) is 6.92 Å². The highest BCUT2D eigenvalue weighted by atomic mass is 32.2. The van der Waals surface area contributed by atoms with Crippen molar-refractivity contribution in [1.29, 1.82) is 0 Å². The molecule has 0 bridgehead atoms. The smallest absolute Gasteiger partial charge is 0.381 e. The van der Waals surface area contributed by atoms with Gasteiger partial charge in [0.05, 0.1) is 16.8 Å². The van der Waals surface area contributed by atoms with Gasteiger partial charge in [-0.2, -0.15) is 13.2 Å². The summed E-state index contributed by atoms with van der Waals surface area (Å²) in [5, 5.41) is 5.12. The number of sulfonamides is 1. The molecule has 3 rings (SSSR count). The Labute approximate surface area is 140 Å². The third-order valence-electron chi connectivity index (χ3n) is 3.62. The van der Waals surface area contributed by atoms with Crippen molar-refractivity contribution in [1.82, 2.24) is 14.4 Å². The van der Waals surface area contributed by atoms with Crippen molar-refractivity contribution in [3.63, 3.8) is 0 Å². The van der Waals surface area contributed by atoms with Gasteiger partial charge < -0.3 is 5.73 Å². The molecular formula is C14H12F3N5O2S. The fourth-order valence-electron chi connectivity index (χ4n) is 2.40. The van der Waals surface area contributed by atoms with Crippen LogP contribution in [-0.4, -0.2) is 22.8 Å². The van der Waals surface area contributed by atoms with Gasteiger partial charge in [-0.3, -0.25) is 4.40 Å². The van der Waals surface area contributed by atoms with Crippen molar-refractivity contribution in [2.24, 2.45) is 5.14 Å². The van der Waals surface area contributed by atoms with Gasteiger partial charge in [-0.1, -0.05) is 6.07 Å². The number of hydrogen-bond acceptors (Lipinski definition) is 5. The van der Waals surface area contributed by atoms with E-state index in [-0.39, 0.29) is 22.1 Å². The number of rotatable bonds is 2. The average Bonchev–Trinajstić information content (AvgIpc) is 2.90. The van der Waals surface area contributed by atoms with Crippen LogP contribution in [0.3, 0.4) is 0 Å². The van der Waals surface area contributed by atoms with Crippen molar-refractivity contribution in [3.8, 4) is 11.3 Å². The molecule has 0 unspecified atom stereocenters. The van der Waals surface area contributed by atoms with E-state index in [0.29, 0.717) is 11.1 Å². The van der Waals surface area contributed by atoms with Gasteiger partial charge in [0.15, 0.2) is 17.2 Å². The molecular weight excluding hydrogens is 359 g/mol. The summed E-state index contributed by atoms with van der Waals surface area (Å²) in [6, 6.07) is 4.09. The molecule has 0 aliphatic carbocycles. The summed E-state index contributed by atoms with van der Waals surface area (Å²) in [6.07, 6.45) is -2.64. The molecule has 132 valence electrons. The number of halogens is 3. The minimum Gasteiger partial charge on any atom is -0.381 e. The van der Waals surface area contributed by atoms with E-state index in [1.807, 2.05) is 0 Å². The minimum atomic E-state index is -4.69. The van der Waals surface area contributed by atoms with Gasteiger partial charge in [0.1, 0.15) is 0 Å². The van der Waals surface area contributed by atoms with Crippen LogP contribution < -0.4 is 10.9 Å². The standard InChI is InChI=1S/C14H12F3N5O2S/c1-7-2-3-8(25(19,23)24)4-9(7)10-5-20-13-12(18)21-11(6-22(10)13)14(15,16)17/h2-6H,1H3,(H2,18,21)(H2,19,23,24). The van der Waals surface area contributed by atoms with Gasteiger partial charge in [-0.05, 0) is 24.6 Å². The van der Waals surface area contributed by atoms with Crippen LogP contribution in [0.5, 0.6) is 0 Å². The number of anilines is 1. The van der Waals surface area contributed by atoms with Gasteiger partial charge >= 0.3 is 6.18 Å². The molecule has 0 saturated heterocycles. The summed E-state index contributed by atoms with van der Waals surface area (Å²) in [5.74, 6) is -0.388. The zero-order valence-electron chi connectivity index (χ0n) is 12.7. The van der Waals surface area contributed by atoms with Gasteiger partial charge in [0.2, 0.25) is 10.0 Å². The number of nitrogens with two attached hydrogens (primary N) is 2. The lowest BCUT2D eigenvalue weighted by Gasteiger charge is -2.11. The maximum Gasteiger partial charge on any atom is 0.434 e. The zero-order chi connectivity index (χ0) is 18.6. The van der Waals surface area contributed by atoms with Crippen molar-refractivity contribution >= 4 is 21.5 Å². The van der Waals surface area contributed by atoms with Crippen LogP contribution in [0.15, 0.2) is 35.5 Å². The second-order valence-electron chi connectivity index (χ2n) is 5.37. The molecule has 3 aromatic rings. The lowest BCUT2D eigenvalue weighted by molar-refractivity contribution is -0.141. The number of benzene rings is 1. The van der Waals surface area contributed by atoms with E-state index in [9.17, 15) is 21.6 Å². The maximum atomic E-state index is 13.0. The van der Waals surface area contributed by atoms with Crippen LogP contribution >= 0.6 is 0 Å². The Hall–Kier alpha value is -2.66. The molecule has 0 fully saturated rings. The largest absolute Gasteiger partial charge is 0.434 e. The zero-order valence-corrected chi connectivity index (χ0v) is 13.6. The van der Waals surface area contributed by atoms with E-state index < -0.39 is 21.9 Å². The SMILES string of the molecule is Cc1ccc(S(N)(=O)=O)cc1-c1cnc2c(N)nc(C(F)(F)F)cn12. The Bertz CT molecular complexity index is 1090. The highest BCUT2D eigenvalue weighted by Crippen LogP contribution is 2.32. The Kier molecular flexibility index (Phi) is 3.73. The first-order valence-corrected chi connectivity index (χ1v) is 8.37. The summed E-state index contributed by atoms with van der Waals surface area (Å²) in [7, 11) is -3.97. The molecule has 25 heavy (non-hydrogen) atoms. The number of aryl methyl sites for hydroxylation is 1. The van der Waals surface area contributed by atoms with Gasteiger partial charge in [-0.15, -0.1) is 0 Å². The van der Waals surface area contributed by atoms with E-state index in [2.05, 4.69) is 9.97 Å². The summed E-state index contributed by atoms with van der Waals surface area (Å²) in [4.78, 5) is 7.12. The van der Waals surface area contributed by atoms with Crippen LogP contribution in [0.4, 0.5) is 19.0 Å². The molecule has 7 nitrogen and oxygen atoms in total. The third-order valence-corrected chi connectivity index (χ3v) is 4.53. The van der Waals surface area contributed by atoms with Crippen LogP contribution in [0.2, 0.25) is 0 Å². The number of nitrogen functional groups attached to an aromatic ring is 1. The molecule has 2 heterocycles. The summed E-state index contributed by atoms with van der Waals surface area (Å²) in [6.45, 7) is 1.68. The lowest BCUT2D eigenvalue weighted by atomic mass is 10.1. The number of nitrogens with zero attached hydrogens (tertiary/aromatic N) is 3. The Morgan fingerprint density at radius 3 is 2.52 bits per heavy atom. The minimum absolute atomic E-state index is 0.0309. The third kappa shape index (κ3) is 3.03. The highest BCUT2D eigenvalue weighted by molar-refractivity contribution is 7.89. The van der Waals surface area contributed by atoms with E-state index >= 15 is 0 Å². The fraction of sp³-hybridized carbons (Fsp3) is 0.143. The molecule has 0 spiro atoms. The molecule has 0 aliphatic rings. The predicted molar refractivity (Wildman–Crippen MR) is 83.9 cm³/mol. The second-order valence-corrected chi connectivity index (χ2v) is 6.93. The Morgan fingerprint density at radius 1 is 1.24 bits per heavy atom. The molecule has 0 radical (unpaired) electrons. The first-order valence-electron chi connectivity index (χ1n) is 6.83. The van der Waals surface area contributed by atoms with E-state index in [4.69, 9.17) is 10.9 Å². The fourth-order valence-corrected chi connectivity index (χ4v) is 2.94. The van der Waals surface area contributed by atoms with Crippen LogP contribution in [0.1, 0.15) is 11.3 Å². The van der Waals surface area contributed by atoms with Crippen LogP contribution in [0.25, 0.3) is 16.9 Å². The quantitative estimate of drug-likeness (QED) is 0.714. The van der Waals surface area contributed by atoms with Gasteiger partial charge in [-0.25, -0.2) is 23.5 Å². The highest BCUT2D eigenvalue weighted by Gasteiger charge is 2.34. The average molecular weight is 371 g/mol. The van der Waals surface area contributed by atoms with Crippen LogP contribution in [0, 0.1) is 6.92 Å². The molecule has 11 heteroatoms. The van der Waals surface area contributed by atoms with Crippen molar-refractivity contribution in [2.75, 3.05) is 5.73 Å². The monoisotopic (exact) mass is 371 g/mol. The number of aromatic nitrogens is 3. The number of alkyl halides is 3. The van der Waals surface area contributed by atoms with Gasteiger partial charge in [0, 0.05) is 11.8 Å². The van der Waals surface area contributed by atoms with Crippen molar-refractivity contribution in [3.05, 3.63) is 41.9 Å². The second kappa shape index (κ2) is 5.43. The summed E-state index contributed by atoms with van der Waals surface area (Å²) < 4.78 is 63.2. The summed E-state index contributed by atoms with van der Waals surface area (Å²) in [5.41, 5.74) is 5.64. The maximum absolute atomic E-state index is 13.0. The number of fused-ring (bicyclic) bond motifs is 1. The first kappa shape index (κ1) is 17.2. The number of imidazole rings is 1. The van der Waals surface area contributed by atoms with Crippen molar-refractivity contribution < 1.29 is 21.6 Å². The topological polar surface area (TPSA) is 116 Å². The number of primary sulfonamides is 1.